The van der Waals surface area contributed by atoms with E-state index in [0.717, 1.165) is 18.8 Å². The minimum Gasteiger partial charge on any atom is -0.465 e. The lowest BCUT2D eigenvalue weighted by atomic mass is 10.0. The van der Waals surface area contributed by atoms with Crippen LogP contribution in [-0.2, 0) is 9.47 Å². The highest BCUT2D eigenvalue weighted by Crippen LogP contribution is 2.24. The Balaban J connectivity index is 2.40. The molecule has 0 aromatic heterocycles. The van der Waals surface area contributed by atoms with Gasteiger partial charge in [-0.25, -0.2) is 4.79 Å². The Morgan fingerprint density at radius 3 is 2.53 bits per heavy atom. The second-order valence-electron chi connectivity index (χ2n) is 4.38. The van der Waals surface area contributed by atoms with E-state index in [2.05, 4.69) is 4.90 Å². The number of morpholine rings is 1. The van der Waals surface area contributed by atoms with Crippen molar-refractivity contribution in [3.63, 3.8) is 0 Å². The van der Waals surface area contributed by atoms with E-state index in [0.29, 0.717) is 24.3 Å². The zero-order valence-corrected chi connectivity index (χ0v) is 11.1. The van der Waals surface area contributed by atoms with Crippen molar-refractivity contribution >= 4 is 17.4 Å². The van der Waals surface area contributed by atoms with E-state index in [-0.39, 0.29) is 5.78 Å². The SMILES string of the molecule is COC(=O)c1cc(C(C)=O)ccc1N1CCOCC1. The standard InChI is InChI=1S/C14H17NO4/c1-10(16)11-3-4-13(12(9-11)14(17)18-2)15-5-7-19-8-6-15/h3-4,9H,5-8H2,1-2H3. The summed E-state index contributed by atoms with van der Waals surface area (Å²) in [5.74, 6) is -0.497. The van der Waals surface area contributed by atoms with Crippen LogP contribution in [0.15, 0.2) is 18.2 Å². The molecule has 0 bridgehead atoms. The van der Waals surface area contributed by atoms with Crippen LogP contribution >= 0.6 is 0 Å². The molecular weight excluding hydrogens is 246 g/mol. The molecule has 1 aliphatic rings. The summed E-state index contributed by atoms with van der Waals surface area (Å²) >= 11 is 0. The fourth-order valence-corrected chi connectivity index (χ4v) is 2.11. The fraction of sp³-hybridized carbons (Fsp3) is 0.429. The molecule has 1 saturated heterocycles. The van der Waals surface area contributed by atoms with Gasteiger partial charge in [-0.15, -0.1) is 0 Å². The van der Waals surface area contributed by atoms with Crippen LogP contribution in [0.4, 0.5) is 5.69 Å². The van der Waals surface area contributed by atoms with Crippen molar-refractivity contribution in [1.29, 1.82) is 0 Å². The molecule has 0 spiro atoms. The van der Waals surface area contributed by atoms with Gasteiger partial charge < -0.3 is 14.4 Å². The Labute approximate surface area is 112 Å². The summed E-state index contributed by atoms with van der Waals surface area (Å²) in [5.41, 5.74) is 1.73. The van der Waals surface area contributed by atoms with Crippen molar-refractivity contribution in [3.8, 4) is 0 Å². The molecular formula is C14H17NO4. The van der Waals surface area contributed by atoms with Gasteiger partial charge in [0.05, 0.1) is 31.6 Å². The van der Waals surface area contributed by atoms with Crippen LogP contribution in [0.3, 0.4) is 0 Å². The van der Waals surface area contributed by atoms with Gasteiger partial charge in [-0.05, 0) is 25.1 Å². The lowest BCUT2D eigenvalue weighted by molar-refractivity contribution is 0.0600. The number of hydrogen-bond acceptors (Lipinski definition) is 5. The number of ether oxygens (including phenoxy) is 2. The van der Waals surface area contributed by atoms with Gasteiger partial charge in [0.2, 0.25) is 0 Å². The molecule has 0 atom stereocenters. The number of rotatable bonds is 3. The summed E-state index contributed by atoms with van der Waals surface area (Å²) in [7, 11) is 1.34. The van der Waals surface area contributed by atoms with E-state index in [1.165, 1.54) is 14.0 Å². The first-order valence-electron chi connectivity index (χ1n) is 6.19. The van der Waals surface area contributed by atoms with Gasteiger partial charge in [0.25, 0.3) is 0 Å². The summed E-state index contributed by atoms with van der Waals surface area (Å²) in [6.45, 7) is 4.20. The number of ketones is 1. The summed E-state index contributed by atoms with van der Waals surface area (Å²) in [6, 6.07) is 5.13. The molecule has 19 heavy (non-hydrogen) atoms. The van der Waals surface area contributed by atoms with Gasteiger partial charge >= 0.3 is 5.97 Å². The first-order valence-corrected chi connectivity index (χ1v) is 6.19. The highest BCUT2D eigenvalue weighted by Gasteiger charge is 2.20. The lowest BCUT2D eigenvalue weighted by Crippen LogP contribution is -2.37. The molecule has 1 aromatic carbocycles. The zero-order valence-electron chi connectivity index (χ0n) is 11.1. The maximum atomic E-state index is 11.9. The molecule has 2 rings (SSSR count). The van der Waals surface area contributed by atoms with E-state index in [4.69, 9.17) is 9.47 Å². The summed E-state index contributed by atoms with van der Waals surface area (Å²) in [5, 5.41) is 0. The number of benzene rings is 1. The number of anilines is 1. The minimum absolute atomic E-state index is 0.0707. The van der Waals surface area contributed by atoms with E-state index >= 15 is 0 Å². The van der Waals surface area contributed by atoms with E-state index in [1.807, 2.05) is 0 Å². The Morgan fingerprint density at radius 1 is 1.26 bits per heavy atom. The maximum absolute atomic E-state index is 11.9. The Bertz CT molecular complexity index is 492. The zero-order chi connectivity index (χ0) is 13.8. The van der Waals surface area contributed by atoms with Gasteiger partial charge in [-0.3, -0.25) is 4.79 Å². The minimum atomic E-state index is -0.426. The molecule has 0 saturated carbocycles. The largest absolute Gasteiger partial charge is 0.465 e. The van der Waals surface area contributed by atoms with Crippen LogP contribution in [0, 0.1) is 0 Å². The molecule has 5 nitrogen and oxygen atoms in total. The molecule has 0 aliphatic carbocycles. The third-order valence-corrected chi connectivity index (χ3v) is 3.16. The second-order valence-corrected chi connectivity index (χ2v) is 4.38. The van der Waals surface area contributed by atoms with Gasteiger partial charge in [0.1, 0.15) is 0 Å². The lowest BCUT2D eigenvalue weighted by Gasteiger charge is -2.30. The van der Waals surface area contributed by atoms with E-state index < -0.39 is 5.97 Å². The molecule has 1 heterocycles. The quantitative estimate of drug-likeness (QED) is 0.611. The van der Waals surface area contributed by atoms with Crippen LogP contribution in [0.2, 0.25) is 0 Å². The van der Waals surface area contributed by atoms with Crippen molar-refractivity contribution in [1.82, 2.24) is 0 Å². The molecule has 1 aromatic rings. The van der Waals surface area contributed by atoms with E-state index in [1.54, 1.807) is 18.2 Å². The number of methoxy groups -OCH3 is 1. The average Bonchev–Trinajstić information content (AvgIpc) is 2.46. The Kier molecular flexibility index (Phi) is 4.16. The number of Topliss-reactive ketones (excluding diaryl/α,β-unsaturated/α-hetero) is 1. The number of nitrogens with zero attached hydrogens (tertiary/aromatic N) is 1. The molecule has 1 fully saturated rings. The smallest absolute Gasteiger partial charge is 0.339 e. The monoisotopic (exact) mass is 263 g/mol. The topological polar surface area (TPSA) is 55.8 Å². The highest BCUT2D eigenvalue weighted by molar-refractivity contribution is 6.01. The van der Waals surface area contributed by atoms with Crippen LogP contribution in [0.5, 0.6) is 0 Å². The predicted octanol–water partition coefficient (Wildman–Crippen LogP) is 1.51. The second kappa shape index (κ2) is 5.84. The Hall–Kier alpha value is -1.88. The molecule has 102 valence electrons. The third-order valence-electron chi connectivity index (χ3n) is 3.16. The van der Waals surface area contributed by atoms with Gasteiger partial charge in [-0.1, -0.05) is 0 Å². The predicted molar refractivity (Wildman–Crippen MR) is 70.8 cm³/mol. The molecule has 0 N–H and O–H groups in total. The molecule has 0 amide bonds. The fourth-order valence-electron chi connectivity index (χ4n) is 2.11. The normalized spacial score (nSPS) is 15.2. The van der Waals surface area contributed by atoms with Crippen molar-refractivity contribution in [3.05, 3.63) is 29.3 Å². The number of carbonyl (C=O) groups excluding carboxylic acids is 2. The number of carbonyl (C=O) groups is 2. The number of esters is 1. The van der Waals surface area contributed by atoms with Crippen molar-refractivity contribution in [2.45, 2.75) is 6.92 Å². The van der Waals surface area contributed by atoms with Crippen LogP contribution in [-0.4, -0.2) is 45.2 Å². The molecule has 1 aliphatic heterocycles. The average molecular weight is 263 g/mol. The number of hydrogen-bond donors (Lipinski definition) is 0. The summed E-state index contributed by atoms with van der Waals surface area (Å²) < 4.78 is 10.1. The molecule has 0 unspecified atom stereocenters. The summed E-state index contributed by atoms with van der Waals surface area (Å²) in [6.07, 6.45) is 0. The van der Waals surface area contributed by atoms with Gasteiger partial charge in [0, 0.05) is 18.7 Å². The van der Waals surface area contributed by atoms with Crippen LogP contribution in [0.1, 0.15) is 27.6 Å². The maximum Gasteiger partial charge on any atom is 0.339 e. The van der Waals surface area contributed by atoms with Gasteiger partial charge in [-0.2, -0.15) is 0 Å². The van der Waals surface area contributed by atoms with Gasteiger partial charge in [0.15, 0.2) is 5.78 Å². The Morgan fingerprint density at radius 2 is 1.95 bits per heavy atom. The summed E-state index contributed by atoms with van der Waals surface area (Å²) in [4.78, 5) is 25.3. The molecule has 0 radical (unpaired) electrons. The molecule has 5 heteroatoms. The van der Waals surface area contributed by atoms with Crippen molar-refractivity contribution < 1.29 is 19.1 Å². The van der Waals surface area contributed by atoms with Crippen LogP contribution in [0.25, 0.3) is 0 Å². The first-order chi connectivity index (χ1) is 9.13. The third kappa shape index (κ3) is 2.93. The van der Waals surface area contributed by atoms with Crippen LogP contribution < -0.4 is 4.90 Å². The van der Waals surface area contributed by atoms with Crippen molar-refractivity contribution in [2.75, 3.05) is 38.3 Å². The highest BCUT2D eigenvalue weighted by atomic mass is 16.5. The first kappa shape index (κ1) is 13.5. The van der Waals surface area contributed by atoms with Crippen molar-refractivity contribution in [2.24, 2.45) is 0 Å². The van der Waals surface area contributed by atoms with E-state index in [9.17, 15) is 9.59 Å².